The number of hydrogen-bond donors (Lipinski definition) is 1. The topological polar surface area (TPSA) is 40.5 Å². The third-order valence-electron chi connectivity index (χ3n) is 4.79. The molecule has 2 atom stereocenters. The van der Waals surface area contributed by atoms with Gasteiger partial charge in [-0.05, 0) is 31.8 Å². The Morgan fingerprint density at radius 1 is 1.44 bits per heavy atom. The lowest BCUT2D eigenvalue weighted by atomic mass is 9.72. The molecule has 2 aliphatic rings. The van der Waals surface area contributed by atoms with Gasteiger partial charge in [0.2, 0.25) is 0 Å². The van der Waals surface area contributed by atoms with Crippen LogP contribution in [0.3, 0.4) is 0 Å². The molecule has 0 aromatic carbocycles. The molecule has 2 unspecified atom stereocenters. The Morgan fingerprint density at radius 2 is 2.06 bits per heavy atom. The van der Waals surface area contributed by atoms with Gasteiger partial charge in [0.05, 0.1) is 0 Å². The third-order valence-corrected chi connectivity index (χ3v) is 4.79. The molecule has 1 fully saturated rings. The number of allylic oxidation sites excluding steroid dienone is 3. The molecular formula is C15H23NO2. The van der Waals surface area contributed by atoms with Crippen molar-refractivity contribution in [1.82, 2.24) is 4.90 Å². The van der Waals surface area contributed by atoms with Crippen LogP contribution in [0.15, 0.2) is 23.9 Å². The first-order valence-corrected chi connectivity index (χ1v) is 6.83. The number of hydrogen-bond acceptors (Lipinski definition) is 2. The summed E-state index contributed by atoms with van der Waals surface area (Å²) < 4.78 is 0. The predicted molar refractivity (Wildman–Crippen MR) is 72.1 cm³/mol. The molecule has 0 radical (unpaired) electrons. The van der Waals surface area contributed by atoms with Crippen molar-refractivity contribution in [3.8, 4) is 0 Å². The molecule has 1 saturated carbocycles. The Bertz CT molecular complexity index is 393. The summed E-state index contributed by atoms with van der Waals surface area (Å²) in [4.78, 5) is 13.9. The molecule has 2 rings (SSSR count). The number of rotatable bonds is 3. The van der Waals surface area contributed by atoms with Crippen molar-refractivity contribution in [3.63, 3.8) is 0 Å². The lowest BCUT2D eigenvalue weighted by Gasteiger charge is -2.42. The lowest BCUT2D eigenvalue weighted by Crippen LogP contribution is -2.45. The number of carbonyl (C=O) groups is 1. The van der Waals surface area contributed by atoms with Crippen LogP contribution in [0, 0.1) is 11.3 Å². The molecule has 0 aromatic heterocycles. The van der Waals surface area contributed by atoms with Crippen LogP contribution in [-0.2, 0) is 4.79 Å². The Labute approximate surface area is 109 Å². The fourth-order valence-electron chi connectivity index (χ4n) is 3.19. The van der Waals surface area contributed by atoms with Gasteiger partial charge in [0.1, 0.15) is 5.41 Å². The van der Waals surface area contributed by atoms with Crippen molar-refractivity contribution < 1.29 is 9.90 Å². The van der Waals surface area contributed by atoms with E-state index in [1.165, 1.54) is 25.7 Å². The number of aliphatic carboxylic acids is 1. The monoisotopic (exact) mass is 249 g/mol. The molecular weight excluding hydrogens is 226 g/mol. The van der Waals surface area contributed by atoms with E-state index in [4.69, 9.17) is 0 Å². The molecule has 100 valence electrons. The van der Waals surface area contributed by atoms with Crippen molar-refractivity contribution in [2.75, 3.05) is 7.05 Å². The minimum Gasteiger partial charge on any atom is -0.481 e. The van der Waals surface area contributed by atoms with E-state index in [9.17, 15) is 9.90 Å². The van der Waals surface area contributed by atoms with Crippen LogP contribution in [0.4, 0.5) is 0 Å². The highest BCUT2D eigenvalue weighted by atomic mass is 16.4. The fourth-order valence-corrected chi connectivity index (χ4v) is 3.19. The molecule has 0 aliphatic heterocycles. The highest BCUT2D eigenvalue weighted by molar-refractivity contribution is 5.79. The second kappa shape index (κ2) is 4.79. The maximum atomic E-state index is 11.7. The predicted octanol–water partition coefficient (Wildman–Crippen LogP) is 3.04. The first-order valence-electron chi connectivity index (χ1n) is 6.83. The Balaban J connectivity index is 2.30. The largest absolute Gasteiger partial charge is 0.481 e. The summed E-state index contributed by atoms with van der Waals surface area (Å²) in [6.45, 7) is 3.83. The average Bonchev–Trinajstić information content (AvgIpc) is 2.85. The molecule has 0 saturated heterocycles. The van der Waals surface area contributed by atoms with Gasteiger partial charge in [-0.25, -0.2) is 0 Å². The minimum absolute atomic E-state index is 0.0267. The smallest absolute Gasteiger partial charge is 0.315 e. The van der Waals surface area contributed by atoms with Gasteiger partial charge in [0.15, 0.2) is 0 Å². The fraction of sp³-hybridized carbons (Fsp3) is 0.667. The van der Waals surface area contributed by atoms with E-state index in [0.29, 0.717) is 6.04 Å². The standard InChI is InChI=1S/C15H23NO2/c1-11-7-6-10-13(15(11,2)14(17)18)16(3)12-8-4-5-9-12/h6-7,10-12H,4-5,8-9H2,1-3H3,(H,17,18). The zero-order chi connectivity index (χ0) is 13.3. The van der Waals surface area contributed by atoms with Gasteiger partial charge in [-0.3, -0.25) is 4.79 Å². The lowest BCUT2D eigenvalue weighted by molar-refractivity contribution is -0.148. The highest BCUT2D eigenvalue weighted by Crippen LogP contribution is 2.42. The van der Waals surface area contributed by atoms with Crippen molar-refractivity contribution in [3.05, 3.63) is 23.9 Å². The van der Waals surface area contributed by atoms with Gasteiger partial charge in [-0.15, -0.1) is 0 Å². The van der Waals surface area contributed by atoms with E-state index >= 15 is 0 Å². The first-order chi connectivity index (χ1) is 8.48. The summed E-state index contributed by atoms with van der Waals surface area (Å²) >= 11 is 0. The summed E-state index contributed by atoms with van der Waals surface area (Å²) in [5, 5.41) is 9.63. The van der Waals surface area contributed by atoms with Gasteiger partial charge in [0.25, 0.3) is 0 Å². The molecule has 0 heterocycles. The highest BCUT2D eigenvalue weighted by Gasteiger charge is 2.45. The molecule has 3 heteroatoms. The van der Waals surface area contributed by atoms with Gasteiger partial charge in [-0.2, -0.15) is 0 Å². The second-order valence-electron chi connectivity index (χ2n) is 5.78. The van der Waals surface area contributed by atoms with E-state index in [-0.39, 0.29) is 5.92 Å². The molecule has 3 nitrogen and oxygen atoms in total. The van der Waals surface area contributed by atoms with Crippen LogP contribution in [0.2, 0.25) is 0 Å². The van der Waals surface area contributed by atoms with Crippen LogP contribution >= 0.6 is 0 Å². The summed E-state index contributed by atoms with van der Waals surface area (Å²) in [6, 6.07) is 0.508. The number of carboxylic acids is 1. The SMILES string of the molecule is CC1C=CC=C(N(C)C2CCCC2)C1(C)C(=O)O. The summed E-state index contributed by atoms with van der Waals surface area (Å²) in [5.74, 6) is -0.700. The van der Waals surface area contributed by atoms with Gasteiger partial charge < -0.3 is 10.0 Å². The normalized spacial score (nSPS) is 32.4. The Hall–Kier alpha value is -1.25. The molecule has 2 aliphatic carbocycles. The van der Waals surface area contributed by atoms with Crippen molar-refractivity contribution >= 4 is 5.97 Å². The number of nitrogens with zero attached hydrogens (tertiary/aromatic N) is 1. The molecule has 0 bridgehead atoms. The van der Waals surface area contributed by atoms with Crippen molar-refractivity contribution in [1.29, 1.82) is 0 Å². The molecule has 0 amide bonds. The zero-order valence-corrected chi connectivity index (χ0v) is 11.5. The van der Waals surface area contributed by atoms with Crippen LogP contribution in [0.5, 0.6) is 0 Å². The van der Waals surface area contributed by atoms with E-state index in [1.54, 1.807) is 0 Å². The summed E-state index contributed by atoms with van der Waals surface area (Å²) in [5.41, 5.74) is 0.156. The van der Waals surface area contributed by atoms with E-state index in [1.807, 2.05) is 32.1 Å². The van der Waals surface area contributed by atoms with E-state index in [2.05, 4.69) is 11.9 Å². The minimum atomic E-state index is -0.800. The molecule has 0 spiro atoms. The molecule has 0 aromatic rings. The molecule has 1 N–H and O–H groups in total. The Morgan fingerprint density at radius 3 is 2.61 bits per heavy atom. The van der Waals surface area contributed by atoms with Gasteiger partial charge in [0, 0.05) is 18.8 Å². The van der Waals surface area contributed by atoms with Gasteiger partial charge >= 0.3 is 5.97 Å². The second-order valence-corrected chi connectivity index (χ2v) is 5.78. The first kappa shape index (κ1) is 13.2. The summed E-state index contributed by atoms with van der Waals surface area (Å²) in [6.07, 6.45) is 10.8. The zero-order valence-electron chi connectivity index (χ0n) is 11.5. The van der Waals surface area contributed by atoms with Gasteiger partial charge in [-0.1, -0.05) is 31.9 Å². The average molecular weight is 249 g/mol. The van der Waals surface area contributed by atoms with Crippen LogP contribution in [-0.4, -0.2) is 29.1 Å². The van der Waals surface area contributed by atoms with Crippen molar-refractivity contribution in [2.45, 2.75) is 45.6 Å². The van der Waals surface area contributed by atoms with Crippen LogP contribution in [0.25, 0.3) is 0 Å². The maximum absolute atomic E-state index is 11.7. The van der Waals surface area contributed by atoms with Crippen LogP contribution < -0.4 is 0 Å². The Kier molecular flexibility index (Phi) is 3.51. The van der Waals surface area contributed by atoms with E-state index in [0.717, 1.165) is 5.70 Å². The third kappa shape index (κ3) is 1.96. The summed E-state index contributed by atoms with van der Waals surface area (Å²) in [7, 11) is 2.05. The number of carboxylic acid groups (broad SMARTS) is 1. The maximum Gasteiger partial charge on any atom is 0.315 e. The van der Waals surface area contributed by atoms with Crippen molar-refractivity contribution in [2.24, 2.45) is 11.3 Å². The quantitative estimate of drug-likeness (QED) is 0.835. The molecule has 18 heavy (non-hydrogen) atoms. The van der Waals surface area contributed by atoms with Crippen LogP contribution in [0.1, 0.15) is 39.5 Å². The van der Waals surface area contributed by atoms with E-state index < -0.39 is 11.4 Å².